The molecule has 2 aromatic carbocycles. The minimum atomic E-state index is -1.19. The number of carboxylic acids is 1. The van der Waals surface area contributed by atoms with Gasteiger partial charge in [-0.15, -0.1) is 0 Å². The summed E-state index contributed by atoms with van der Waals surface area (Å²) < 4.78 is 11.0. The quantitative estimate of drug-likeness (QED) is 0.444. The number of nitrogens with one attached hydrogen (secondary N) is 3. The number of carboxylic acid groups (broad SMARTS) is 1. The number of carbonyl (C=O) groups is 4. The van der Waals surface area contributed by atoms with Crippen LogP contribution in [-0.4, -0.2) is 67.9 Å². The number of aliphatic carboxylic acids is 1. The molecule has 1 fully saturated rings. The topological polar surface area (TPSA) is 143 Å². The van der Waals surface area contributed by atoms with E-state index >= 15 is 0 Å². The Kier molecular flexibility index (Phi) is 7.02. The number of fused-ring (bicyclic) bond motifs is 3. The fourth-order valence-electron chi connectivity index (χ4n) is 4.48. The van der Waals surface area contributed by atoms with Crippen LogP contribution in [-0.2, 0) is 23.9 Å². The highest BCUT2D eigenvalue weighted by Crippen LogP contribution is 2.44. The van der Waals surface area contributed by atoms with Gasteiger partial charge in [-0.1, -0.05) is 48.5 Å². The average molecular weight is 482 g/mol. The largest absolute Gasteiger partial charge is 0.480 e. The van der Waals surface area contributed by atoms with Gasteiger partial charge in [-0.25, -0.2) is 4.79 Å². The minimum absolute atomic E-state index is 0.0455. The van der Waals surface area contributed by atoms with Gasteiger partial charge in [-0.05, 0) is 29.2 Å². The van der Waals surface area contributed by atoms with Crippen LogP contribution in [0.15, 0.2) is 48.5 Å². The molecule has 2 unspecified atom stereocenters. The summed E-state index contributed by atoms with van der Waals surface area (Å²) in [5, 5.41) is 16.0. The number of alkyl carbamates (subject to hydrolysis) is 1. The Balaban J connectivity index is 1.34. The Morgan fingerprint density at radius 1 is 1.00 bits per heavy atom. The van der Waals surface area contributed by atoms with Crippen LogP contribution < -0.4 is 16.0 Å². The van der Waals surface area contributed by atoms with Crippen molar-refractivity contribution in [3.63, 3.8) is 0 Å². The van der Waals surface area contributed by atoms with Crippen molar-refractivity contribution in [2.45, 2.75) is 18.9 Å². The zero-order valence-electron chi connectivity index (χ0n) is 19.2. The first-order valence-electron chi connectivity index (χ1n) is 11.3. The fourth-order valence-corrected chi connectivity index (χ4v) is 4.48. The first-order chi connectivity index (χ1) is 16.8. The zero-order valence-corrected chi connectivity index (χ0v) is 19.2. The molecule has 0 bridgehead atoms. The molecular formula is C25H27N3O7. The van der Waals surface area contributed by atoms with Crippen molar-refractivity contribution in [1.82, 2.24) is 16.0 Å². The molecule has 1 aliphatic heterocycles. The van der Waals surface area contributed by atoms with Crippen LogP contribution in [0, 0.1) is 5.41 Å². The maximum atomic E-state index is 12.8. The molecule has 1 saturated heterocycles. The number of hydrogen-bond acceptors (Lipinski definition) is 6. The van der Waals surface area contributed by atoms with E-state index in [1.165, 1.54) is 0 Å². The maximum absolute atomic E-state index is 12.8. The van der Waals surface area contributed by atoms with Crippen LogP contribution >= 0.6 is 0 Å². The first kappa shape index (κ1) is 24.2. The summed E-state index contributed by atoms with van der Waals surface area (Å²) in [7, 11) is 0. The van der Waals surface area contributed by atoms with Gasteiger partial charge < -0.3 is 30.5 Å². The van der Waals surface area contributed by atoms with Crippen LogP contribution in [0.2, 0.25) is 0 Å². The predicted octanol–water partition coefficient (Wildman–Crippen LogP) is 1.25. The minimum Gasteiger partial charge on any atom is -0.480 e. The summed E-state index contributed by atoms with van der Waals surface area (Å²) in [6.45, 7) is 0.989. The van der Waals surface area contributed by atoms with Crippen molar-refractivity contribution >= 4 is 23.9 Å². The highest BCUT2D eigenvalue weighted by atomic mass is 16.5. The van der Waals surface area contributed by atoms with E-state index in [-0.39, 0.29) is 32.3 Å². The fraction of sp³-hybridized carbons (Fsp3) is 0.360. The van der Waals surface area contributed by atoms with Crippen LogP contribution in [0.3, 0.4) is 0 Å². The number of hydrogen-bond donors (Lipinski definition) is 4. The van der Waals surface area contributed by atoms with Crippen molar-refractivity contribution in [3.8, 4) is 11.1 Å². The molecule has 4 N–H and O–H groups in total. The summed E-state index contributed by atoms with van der Waals surface area (Å²) in [5.74, 6) is -2.41. The SMILES string of the molecule is CC1(C(=O)NCC(=O)NCC(=O)O)COCC1NC(=O)OCC1c2ccccc2-c2ccccc21. The number of amides is 3. The summed E-state index contributed by atoms with van der Waals surface area (Å²) in [5.41, 5.74) is 3.31. The summed E-state index contributed by atoms with van der Waals surface area (Å²) in [4.78, 5) is 47.7. The van der Waals surface area contributed by atoms with Crippen molar-refractivity contribution in [1.29, 1.82) is 0 Å². The Morgan fingerprint density at radius 2 is 1.63 bits per heavy atom. The van der Waals surface area contributed by atoms with Crippen LogP contribution in [0.25, 0.3) is 11.1 Å². The molecule has 2 aliphatic rings. The maximum Gasteiger partial charge on any atom is 0.407 e. The molecule has 2 aromatic rings. The molecule has 0 radical (unpaired) electrons. The van der Waals surface area contributed by atoms with Gasteiger partial charge in [0.05, 0.1) is 31.2 Å². The van der Waals surface area contributed by atoms with Gasteiger partial charge in [0.25, 0.3) is 0 Å². The highest BCUT2D eigenvalue weighted by Gasteiger charge is 2.47. The zero-order chi connectivity index (χ0) is 25.0. The molecule has 4 rings (SSSR count). The van der Waals surface area contributed by atoms with Gasteiger partial charge in [-0.3, -0.25) is 14.4 Å². The summed E-state index contributed by atoms with van der Waals surface area (Å²) in [6.07, 6.45) is -0.666. The number of carbonyl (C=O) groups excluding carboxylic acids is 3. The molecule has 35 heavy (non-hydrogen) atoms. The van der Waals surface area contributed by atoms with E-state index in [2.05, 4.69) is 28.1 Å². The molecule has 10 nitrogen and oxygen atoms in total. The van der Waals surface area contributed by atoms with Gasteiger partial charge in [-0.2, -0.15) is 0 Å². The average Bonchev–Trinajstić information content (AvgIpc) is 3.38. The lowest BCUT2D eigenvalue weighted by molar-refractivity contribution is -0.138. The molecular weight excluding hydrogens is 454 g/mol. The van der Waals surface area contributed by atoms with E-state index in [0.29, 0.717) is 0 Å². The van der Waals surface area contributed by atoms with E-state index in [4.69, 9.17) is 14.6 Å². The Bertz CT molecular complexity index is 1110. The lowest BCUT2D eigenvalue weighted by Gasteiger charge is -2.28. The van der Waals surface area contributed by atoms with Crippen molar-refractivity contribution < 1.29 is 33.8 Å². The van der Waals surface area contributed by atoms with E-state index < -0.39 is 41.9 Å². The van der Waals surface area contributed by atoms with Crippen molar-refractivity contribution in [2.75, 3.05) is 32.9 Å². The second-order valence-corrected chi connectivity index (χ2v) is 8.81. The number of benzene rings is 2. The molecule has 1 heterocycles. The smallest absolute Gasteiger partial charge is 0.407 e. The molecule has 3 amide bonds. The molecule has 0 saturated carbocycles. The second-order valence-electron chi connectivity index (χ2n) is 8.81. The van der Waals surface area contributed by atoms with Gasteiger partial charge in [0, 0.05) is 5.92 Å². The number of rotatable bonds is 8. The Hall–Kier alpha value is -3.92. The van der Waals surface area contributed by atoms with E-state index in [1.54, 1.807) is 6.92 Å². The van der Waals surface area contributed by atoms with Crippen LogP contribution in [0.1, 0.15) is 24.0 Å². The highest BCUT2D eigenvalue weighted by molar-refractivity contribution is 5.90. The predicted molar refractivity (Wildman–Crippen MR) is 125 cm³/mol. The van der Waals surface area contributed by atoms with Crippen molar-refractivity contribution in [2.24, 2.45) is 5.41 Å². The van der Waals surface area contributed by atoms with E-state index in [1.807, 2.05) is 36.4 Å². The lowest BCUT2D eigenvalue weighted by atomic mass is 9.84. The molecule has 10 heteroatoms. The number of ether oxygens (including phenoxy) is 2. The van der Waals surface area contributed by atoms with Gasteiger partial charge >= 0.3 is 12.1 Å². The monoisotopic (exact) mass is 481 g/mol. The second kappa shape index (κ2) is 10.1. The first-order valence-corrected chi connectivity index (χ1v) is 11.3. The lowest BCUT2D eigenvalue weighted by Crippen LogP contribution is -2.54. The molecule has 0 spiro atoms. The third-order valence-electron chi connectivity index (χ3n) is 6.46. The van der Waals surface area contributed by atoms with Crippen LogP contribution in [0.5, 0.6) is 0 Å². The van der Waals surface area contributed by atoms with E-state index in [9.17, 15) is 19.2 Å². The molecule has 184 valence electrons. The molecule has 0 aromatic heterocycles. The standard InChI is InChI=1S/C25H27N3O7/c1-25(23(32)27-10-21(29)26-11-22(30)31)14-34-13-20(25)28-24(33)35-12-19-17-8-4-2-6-15(17)16-7-3-5-9-18(16)19/h2-9,19-20H,10-14H2,1H3,(H,26,29)(H,27,32)(H,28,33)(H,30,31). The third-order valence-corrected chi connectivity index (χ3v) is 6.46. The summed E-state index contributed by atoms with van der Waals surface area (Å²) >= 11 is 0. The van der Waals surface area contributed by atoms with Crippen LogP contribution in [0.4, 0.5) is 4.79 Å². The van der Waals surface area contributed by atoms with Crippen molar-refractivity contribution in [3.05, 3.63) is 59.7 Å². The molecule has 2 atom stereocenters. The Labute approximate surface area is 202 Å². The van der Waals surface area contributed by atoms with Gasteiger partial charge in [0.1, 0.15) is 13.2 Å². The van der Waals surface area contributed by atoms with Gasteiger partial charge in [0.15, 0.2) is 0 Å². The van der Waals surface area contributed by atoms with Gasteiger partial charge in [0.2, 0.25) is 11.8 Å². The Morgan fingerprint density at radius 3 is 2.26 bits per heavy atom. The molecule has 1 aliphatic carbocycles. The van der Waals surface area contributed by atoms with E-state index in [0.717, 1.165) is 22.3 Å². The summed E-state index contributed by atoms with van der Waals surface area (Å²) in [6, 6.07) is 15.4. The normalized spacial score (nSPS) is 20.4. The third kappa shape index (κ3) is 5.12.